The highest BCUT2D eigenvalue weighted by molar-refractivity contribution is 6.51. The summed E-state index contributed by atoms with van der Waals surface area (Å²) in [5.74, 6) is 0.813. The van der Waals surface area contributed by atoms with Gasteiger partial charge in [-0.15, -0.1) is 0 Å². The predicted octanol–water partition coefficient (Wildman–Crippen LogP) is 5.51. The molecule has 1 atom stereocenters. The number of carbonyl (C=O) groups excluding carboxylic acids is 2. The zero-order chi connectivity index (χ0) is 25.2. The molecule has 1 amide bonds. The lowest BCUT2D eigenvalue weighted by Gasteiger charge is -2.23. The SMILES string of the molecule is CCCCCOc1ccc(/C(O)=C2/C(=O)C(=O)N(c3ccc4c(c3)OCO4)C2c2ccc(C)o2)cc1. The molecule has 36 heavy (non-hydrogen) atoms. The van der Waals surface area contributed by atoms with Crippen LogP contribution in [-0.2, 0) is 9.59 Å². The first-order valence-electron chi connectivity index (χ1n) is 12.0. The van der Waals surface area contributed by atoms with Gasteiger partial charge in [0.1, 0.15) is 29.1 Å². The number of benzene rings is 2. The molecule has 3 aromatic rings. The van der Waals surface area contributed by atoms with E-state index < -0.39 is 17.7 Å². The van der Waals surface area contributed by atoms with Crippen LogP contribution in [0.3, 0.4) is 0 Å². The number of hydrogen-bond acceptors (Lipinski definition) is 7. The maximum Gasteiger partial charge on any atom is 0.300 e. The molecule has 0 saturated carbocycles. The summed E-state index contributed by atoms with van der Waals surface area (Å²) in [6.45, 7) is 4.59. The first-order valence-corrected chi connectivity index (χ1v) is 12.0. The number of furan rings is 1. The minimum absolute atomic E-state index is 0.0522. The van der Waals surface area contributed by atoms with Gasteiger partial charge < -0.3 is 23.7 Å². The highest BCUT2D eigenvalue weighted by Gasteiger charge is 2.48. The zero-order valence-corrected chi connectivity index (χ0v) is 20.2. The number of ether oxygens (including phenoxy) is 3. The quantitative estimate of drug-likeness (QED) is 0.193. The molecule has 8 nitrogen and oxygen atoms in total. The minimum Gasteiger partial charge on any atom is -0.507 e. The molecule has 2 aliphatic heterocycles. The van der Waals surface area contributed by atoms with Crippen LogP contribution in [0, 0.1) is 6.92 Å². The highest BCUT2D eigenvalue weighted by atomic mass is 16.7. The van der Waals surface area contributed by atoms with Gasteiger partial charge in [0.2, 0.25) is 6.79 Å². The monoisotopic (exact) mass is 489 g/mol. The third-order valence-corrected chi connectivity index (χ3v) is 6.25. The lowest BCUT2D eigenvalue weighted by atomic mass is 9.99. The predicted molar refractivity (Wildman–Crippen MR) is 132 cm³/mol. The first kappa shape index (κ1) is 23.5. The van der Waals surface area contributed by atoms with Crippen LogP contribution in [0.25, 0.3) is 5.76 Å². The molecular formula is C28H27NO7. The van der Waals surface area contributed by atoms with Gasteiger partial charge in [-0.25, -0.2) is 0 Å². The topological polar surface area (TPSA) is 98.4 Å². The van der Waals surface area contributed by atoms with E-state index >= 15 is 0 Å². The molecule has 1 unspecified atom stereocenters. The molecule has 1 saturated heterocycles. The molecule has 0 spiro atoms. The van der Waals surface area contributed by atoms with Crippen LogP contribution in [0.4, 0.5) is 5.69 Å². The van der Waals surface area contributed by atoms with Gasteiger partial charge in [-0.2, -0.15) is 0 Å². The van der Waals surface area contributed by atoms with Crippen LogP contribution in [0.5, 0.6) is 17.2 Å². The molecule has 3 heterocycles. The highest BCUT2D eigenvalue weighted by Crippen LogP contribution is 2.45. The van der Waals surface area contributed by atoms with Crippen LogP contribution < -0.4 is 19.1 Å². The summed E-state index contributed by atoms with van der Waals surface area (Å²) in [5.41, 5.74) is 0.770. The molecule has 5 rings (SSSR count). The van der Waals surface area contributed by atoms with Crippen molar-refractivity contribution in [3.63, 3.8) is 0 Å². The Morgan fingerprint density at radius 1 is 1.03 bits per heavy atom. The molecule has 186 valence electrons. The molecule has 8 heteroatoms. The number of unbranched alkanes of at least 4 members (excludes halogenated alkanes) is 2. The van der Waals surface area contributed by atoms with Crippen LogP contribution in [0.1, 0.15) is 49.3 Å². The Kier molecular flexibility index (Phi) is 6.41. The van der Waals surface area contributed by atoms with E-state index in [1.54, 1.807) is 61.5 Å². The summed E-state index contributed by atoms with van der Waals surface area (Å²) in [4.78, 5) is 27.9. The molecule has 2 aliphatic rings. The second-order valence-electron chi connectivity index (χ2n) is 8.74. The number of anilines is 1. The number of fused-ring (bicyclic) bond motifs is 1. The number of aliphatic hydroxyl groups is 1. The summed E-state index contributed by atoms with van der Waals surface area (Å²) < 4.78 is 22.4. The van der Waals surface area contributed by atoms with Gasteiger partial charge >= 0.3 is 0 Å². The molecule has 0 radical (unpaired) electrons. The number of nitrogens with zero attached hydrogens (tertiary/aromatic N) is 1. The van der Waals surface area contributed by atoms with Crippen molar-refractivity contribution in [3.8, 4) is 17.2 Å². The van der Waals surface area contributed by atoms with Crippen molar-refractivity contribution in [3.05, 3.63) is 77.3 Å². The Hall–Kier alpha value is -4.20. The van der Waals surface area contributed by atoms with E-state index in [0.29, 0.717) is 46.6 Å². The molecule has 0 aliphatic carbocycles. The number of carbonyl (C=O) groups is 2. The Balaban J connectivity index is 1.53. The maximum absolute atomic E-state index is 13.3. The van der Waals surface area contributed by atoms with Crippen molar-refractivity contribution < 1.29 is 33.3 Å². The number of Topliss-reactive ketones (excluding diaryl/α,β-unsaturated/α-hetero) is 1. The third-order valence-electron chi connectivity index (χ3n) is 6.25. The number of aryl methyl sites for hydroxylation is 1. The van der Waals surface area contributed by atoms with Crippen molar-refractivity contribution in [1.29, 1.82) is 0 Å². The second kappa shape index (κ2) is 9.81. The van der Waals surface area contributed by atoms with Crippen LogP contribution >= 0.6 is 0 Å². The largest absolute Gasteiger partial charge is 0.507 e. The van der Waals surface area contributed by atoms with Gasteiger partial charge in [0.25, 0.3) is 11.7 Å². The van der Waals surface area contributed by atoms with E-state index in [-0.39, 0.29) is 18.1 Å². The van der Waals surface area contributed by atoms with Crippen LogP contribution in [-0.4, -0.2) is 30.2 Å². The van der Waals surface area contributed by atoms with Crippen molar-refractivity contribution in [2.75, 3.05) is 18.3 Å². The Labute approximate surface area is 208 Å². The third kappa shape index (κ3) is 4.30. The molecular weight excluding hydrogens is 462 g/mol. The normalized spacial score (nSPS) is 18.2. The van der Waals surface area contributed by atoms with Gasteiger partial charge in [0, 0.05) is 17.3 Å². The van der Waals surface area contributed by atoms with Crippen molar-refractivity contribution in [2.24, 2.45) is 0 Å². The smallest absolute Gasteiger partial charge is 0.300 e. The van der Waals surface area contributed by atoms with Gasteiger partial charge in [0.05, 0.1) is 12.2 Å². The number of rotatable bonds is 8. The molecule has 2 aromatic carbocycles. The van der Waals surface area contributed by atoms with Crippen molar-refractivity contribution >= 4 is 23.1 Å². The average Bonchev–Trinajstić information content (AvgIpc) is 3.59. The first-order chi connectivity index (χ1) is 17.5. The summed E-state index contributed by atoms with van der Waals surface area (Å²) in [7, 11) is 0. The van der Waals surface area contributed by atoms with Gasteiger partial charge in [-0.05, 0) is 61.9 Å². The zero-order valence-electron chi connectivity index (χ0n) is 20.2. The van der Waals surface area contributed by atoms with E-state index in [1.165, 1.54) is 4.90 Å². The summed E-state index contributed by atoms with van der Waals surface area (Å²) in [5, 5.41) is 11.3. The molecule has 0 bridgehead atoms. The van der Waals surface area contributed by atoms with Crippen LogP contribution in [0.2, 0.25) is 0 Å². The standard InChI is InChI=1S/C28H27NO7/c1-3-4-5-14-33-20-10-7-18(8-11-20)26(30)24-25(22-12-6-17(2)36-22)29(28(32)27(24)31)19-9-13-21-23(15-19)35-16-34-21/h6-13,15,25,30H,3-5,14,16H2,1-2H3/b26-24-. The lowest BCUT2D eigenvalue weighted by molar-refractivity contribution is -0.132. The van der Waals surface area contributed by atoms with Crippen molar-refractivity contribution in [1.82, 2.24) is 0 Å². The van der Waals surface area contributed by atoms with E-state index in [1.807, 2.05) is 0 Å². The molecule has 1 fully saturated rings. The van der Waals surface area contributed by atoms with E-state index in [0.717, 1.165) is 19.3 Å². The Morgan fingerprint density at radius 3 is 2.53 bits per heavy atom. The van der Waals surface area contributed by atoms with E-state index in [2.05, 4.69) is 6.92 Å². The maximum atomic E-state index is 13.3. The second-order valence-corrected chi connectivity index (χ2v) is 8.74. The fourth-order valence-corrected chi connectivity index (χ4v) is 4.41. The van der Waals surface area contributed by atoms with Gasteiger partial charge in [0.15, 0.2) is 11.5 Å². The summed E-state index contributed by atoms with van der Waals surface area (Å²) in [6, 6.07) is 14.3. The molecule has 1 aromatic heterocycles. The lowest BCUT2D eigenvalue weighted by Crippen LogP contribution is -2.29. The van der Waals surface area contributed by atoms with E-state index in [4.69, 9.17) is 18.6 Å². The van der Waals surface area contributed by atoms with Crippen molar-refractivity contribution in [2.45, 2.75) is 39.2 Å². The Morgan fingerprint density at radius 2 is 1.81 bits per heavy atom. The Bertz CT molecular complexity index is 1320. The molecule has 1 N–H and O–H groups in total. The summed E-state index contributed by atoms with van der Waals surface area (Å²) in [6.07, 6.45) is 3.16. The number of aliphatic hydroxyl groups excluding tert-OH is 1. The average molecular weight is 490 g/mol. The van der Waals surface area contributed by atoms with E-state index in [9.17, 15) is 14.7 Å². The van der Waals surface area contributed by atoms with Crippen LogP contribution in [0.15, 0.2) is 64.6 Å². The number of amides is 1. The van der Waals surface area contributed by atoms with Gasteiger partial charge in [-0.3, -0.25) is 14.5 Å². The summed E-state index contributed by atoms with van der Waals surface area (Å²) >= 11 is 0. The fourth-order valence-electron chi connectivity index (χ4n) is 4.41. The number of hydrogen-bond donors (Lipinski definition) is 1. The van der Waals surface area contributed by atoms with Gasteiger partial charge in [-0.1, -0.05) is 19.8 Å². The fraction of sp³-hybridized carbons (Fsp3) is 0.286. The minimum atomic E-state index is -0.955. The number of ketones is 1.